The van der Waals surface area contributed by atoms with E-state index in [1.54, 1.807) is 0 Å². The van der Waals surface area contributed by atoms with E-state index in [1.165, 1.54) is 0 Å². The molecule has 64 valence electrons. The van der Waals surface area contributed by atoms with E-state index in [4.69, 9.17) is 0 Å². The molecule has 0 aromatic rings. The van der Waals surface area contributed by atoms with Gasteiger partial charge in [-0.05, 0) is 0 Å². The van der Waals surface area contributed by atoms with Crippen molar-refractivity contribution < 1.29 is 65.5 Å². The molecule has 0 aliphatic carbocycles. The van der Waals surface area contributed by atoms with E-state index < -0.39 is 0 Å². The summed E-state index contributed by atoms with van der Waals surface area (Å²) in [5.41, 5.74) is 0. The third kappa shape index (κ3) is 148. The summed E-state index contributed by atoms with van der Waals surface area (Å²) in [4.78, 5) is 0. The van der Waals surface area contributed by atoms with Gasteiger partial charge in [0.25, 0.3) is 0 Å². The predicted molar refractivity (Wildman–Crippen MR) is 27.0 cm³/mol. The Morgan fingerprint density at radius 3 is 0.364 bits per heavy atom. The first-order chi connectivity index (χ1) is 0. The van der Waals surface area contributed by atoms with E-state index in [0.717, 1.165) is 0 Å². The Kier molecular flexibility index (Phi) is 3510. The summed E-state index contributed by atoms with van der Waals surface area (Å²) in [7, 11) is 0. The molecule has 8 N–H and O–H groups in total. The summed E-state index contributed by atoms with van der Waals surface area (Å²) in [6.45, 7) is 0. The first-order valence-corrected chi connectivity index (χ1v) is 0. The van der Waals surface area contributed by atoms with Crippen molar-refractivity contribution in [2.45, 2.75) is 0 Å². The molecule has 0 radical (unpaired) electrons. The minimum Gasteiger partial charge on any atom is -0.870 e. The second-order valence-electron chi connectivity index (χ2n) is 0. The monoisotopic (exact) mass is 410 g/mol. The van der Waals surface area contributed by atoms with Gasteiger partial charge in [0, 0.05) is 0 Å². The van der Waals surface area contributed by atoms with Crippen molar-refractivity contribution in [2.24, 2.45) is 0 Å². The van der Waals surface area contributed by atoms with Crippen LogP contribution in [-0.4, -0.2) is 138 Å². The molecular weight excluding hydrogens is 401 g/mol. The second-order valence-corrected chi connectivity index (χ2v) is 0. The summed E-state index contributed by atoms with van der Waals surface area (Å²) in [6.07, 6.45) is 0. The van der Waals surface area contributed by atoms with Gasteiger partial charge >= 0.3 is 116 Å². The molecule has 0 fully saturated rings. The largest absolute Gasteiger partial charge is 4.00 e. The van der Waals surface area contributed by atoms with Gasteiger partial charge < -0.3 is 43.8 Å². The molecular formula is H8BaO8SrTi. The van der Waals surface area contributed by atoms with Crippen LogP contribution in [0.1, 0.15) is 0 Å². The van der Waals surface area contributed by atoms with Crippen LogP contribution in [0.4, 0.5) is 0 Å². The fraction of sp³-hybridized carbons (Fsp3) is 0. The molecule has 0 amide bonds. The van der Waals surface area contributed by atoms with Crippen LogP contribution in [0.2, 0.25) is 0 Å². The van der Waals surface area contributed by atoms with Crippen LogP contribution in [0, 0.1) is 0 Å². The Morgan fingerprint density at radius 2 is 0.364 bits per heavy atom. The van der Waals surface area contributed by atoms with E-state index in [1.807, 2.05) is 0 Å². The normalized spacial score (nSPS) is 0. The molecule has 11 heavy (non-hydrogen) atoms. The van der Waals surface area contributed by atoms with E-state index >= 15 is 0 Å². The van der Waals surface area contributed by atoms with Crippen LogP contribution >= 0.6 is 0 Å². The van der Waals surface area contributed by atoms with Gasteiger partial charge in [-0.1, -0.05) is 0 Å². The average molecular weight is 409 g/mol. The molecule has 0 rings (SSSR count). The van der Waals surface area contributed by atoms with Crippen LogP contribution in [0.5, 0.6) is 0 Å². The minimum absolute atomic E-state index is 0. The quantitative estimate of drug-likeness (QED) is 0.397. The molecule has 0 heterocycles. The first-order valence-electron chi connectivity index (χ1n) is 0. The SMILES string of the molecule is [Ba+2].[OH-].[OH-].[OH-].[OH-].[OH-].[OH-].[OH-].[OH-].[Sr+2].[Ti+4]. The van der Waals surface area contributed by atoms with Crippen molar-refractivity contribution in [3.63, 3.8) is 0 Å². The van der Waals surface area contributed by atoms with E-state index in [0.29, 0.717) is 0 Å². The van der Waals surface area contributed by atoms with Gasteiger partial charge in [0.15, 0.2) is 0 Å². The van der Waals surface area contributed by atoms with Crippen molar-refractivity contribution in [1.82, 2.24) is 0 Å². The van der Waals surface area contributed by atoms with Gasteiger partial charge in [0.05, 0.1) is 0 Å². The fourth-order valence-corrected chi connectivity index (χ4v) is 0. The van der Waals surface area contributed by atoms with E-state index in [2.05, 4.69) is 0 Å². The summed E-state index contributed by atoms with van der Waals surface area (Å²) >= 11 is 0. The molecule has 8 nitrogen and oxygen atoms in total. The van der Waals surface area contributed by atoms with E-state index in [-0.39, 0.29) is 160 Å². The van der Waals surface area contributed by atoms with Crippen LogP contribution in [0.25, 0.3) is 0 Å². The van der Waals surface area contributed by atoms with Crippen LogP contribution < -0.4 is 0 Å². The van der Waals surface area contributed by atoms with Crippen molar-refractivity contribution in [3.05, 3.63) is 0 Å². The minimum atomic E-state index is 0. The standard InChI is InChI=1S/Ba.8H2O.Sr.Ti/h;8*1H2;;/q+2;;;;;;;;;+2;+4/p-8. The number of hydrogen-bond donors (Lipinski definition) is 0. The number of hydrogen-bond acceptors (Lipinski definition) is 8. The van der Waals surface area contributed by atoms with Crippen LogP contribution in [0.15, 0.2) is 0 Å². The third-order valence-electron chi connectivity index (χ3n) is 0. The maximum absolute atomic E-state index is 0. The zero-order valence-electron chi connectivity index (χ0n) is 5.49. The van der Waals surface area contributed by atoms with Crippen molar-refractivity contribution in [2.75, 3.05) is 0 Å². The summed E-state index contributed by atoms with van der Waals surface area (Å²) in [5, 5.41) is 0. The topological polar surface area (TPSA) is 240 Å². The molecule has 0 saturated heterocycles. The maximum atomic E-state index is 0. The first kappa shape index (κ1) is 220. The summed E-state index contributed by atoms with van der Waals surface area (Å²) in [6, 6.07) is 0. The van der Waals surface area contributed by atoms with Crippen molar-refractivity contribution >= 4 is 94.4 Å². The van der Waals surface area contributed by atoms with Crippen LogP contribution in [0.3, 0.4) is 0 Å². The molecule has 11 heteroatoms. The zero-order chi connectivity index (χ0) is 0. The molecule has 0 aliphatic heterocycles. The Bertz CT molecular complexity index is 14.1. The molecule has 0 saturated carbocycles. The molecule has 0 spiro atoms. The third-order valence-corrected chi connectivity index (χ3v) is 0. The van der Waals surface area contributed by atoms with Gasteiger partial charge in [-0.2, -0.15) is 0 Å². The smallest absolute Gasteiger partial charge is 0.870 e. The molecule has 0 atom stereocenters. The maximum Gasteiger partial charge on any atom is 4.00 e. The van der Waals surface area contributed by atoms with Crippen molar-refractivity contribution in [1.29, 1.82) is 0 Å². The Morgan fingerprint density at radius 1 is 0.364 bits per heavy atom. The van der Waals surface area contributed by atoms with Crippen LogP contribution in [-0.2, 0) is 21.7 Å². The van der Waals surface area contributed by atoms with Gasteiger partial charge in [-0.25, -0.2) is 0 Å². The summed E-state index contributed by atoms with van der Waals surface area (Å²) in [5.74, 6) is 0. The van der Waals surface area contributed by atoms with E-state index in [9.17, 15) is 0 Å². The van der Waals surface area contributed by atoms with Gasteiger partial charge in [-0.3, -0.25) is 0 Å². The molecule has 0 bridgehead atoms. The average Bonchev–Trinajstić information content (AvgIpc) is 0. The van der Waals surface area contributed by atoms with Gasteiger partial charge in [0.2, 0.25) is 0 Å². The summed E-state index contributed by atoms with van der Waals surface area (Å²) < 4.78 is 0. The number of rotatable bonds is 0. The Hall–Kier alpha value is 3.45. The Balaban J connectivity index is 0. The molecule has 0 aliphatic rings. The van der Waals surface area contributed by atoms with Gasteiger partial charge in [-0.15, -0.1) is 0 Å². The molecule has 0 aromatic carbocycles. The zero-order valence-corrected chi connectivity index (χ0v) is 15.0. The molecule has 0 aromatic heterocycles. The Labute approximate surface area is 156 Å². The predicted octanol–water partition coefficient (Wildman–Crippen LogP) is -2.18. The fourth-order valence-electron chi connectivity index (χ4n) is 0. The molecule has 0 unspecified atom stereocenters. The van der Waals surface area contributed by atoms with Gasteiger partial charge in [0.1, 0.15) is 0 Å². The van der Waals surface area contributed by atoms with Crippen molar-refractivity contribution in [3.8, 4) is 0 Å². The second kappa shape index (κ2) is 175.